The van der Waals surface area contributed by atoms with E-state index in [1.165, 1.54) is 0 Å². The van der Waals surface area contributed by atoms with Gasteiger partial charge in [0.05, 0.1) is 6.42 Å². The van der Waals surface area contributed by atoms with Crippen LogP contribution in [0.2, 0.25) is 0 Å². The molecular weight excluding hydrogens is 428 g/mol. The first-order chi connectivity index (χ1) is 13.8. The van der Waals surface area contributed by atoms with Crippen molar-refractivity contribution in [2.45, 2.75) is 59.5 Å². The summed E-state index contributed by atoms with van der Waals surface area (Å²) in [6.07, 6.45) is 2.23. The number of nitrogens with one attached hydrogen (secondary N) is 1. The van der Waals surface area contributed by atoms with Crippen LogP contribution in [0.5, 0.6) is 0 Å². The number of benzene rings is 2. The fourth-order valence-corrected chi connectivity index (χ4v) is 3.65. The Morgan fingerprint density at radius 1 is 1.14 bits per heavy atom. The number of unbranched alkanes of at least 4 members (excludes halogenated alkanes) is 1. The van der Waals surface area contributed by atoms with E-state index in [-0.39, 0.29) is 18.2 Å². The van der Waals surface area contributed by atoms with Gasteiger partial charge in [0, 0.05) is 17.6 Å². The largest absolute Gasteiger partial charge is 0.354 e. The van der Waals surface area contributed by atoms with E-state index in [0.717, 1.165) is 39.6 Å². The SMILES string of the molecule is CCCCNC(=O)[C@H](C)N(Cc1cccc(Br)c1)C(=O)Cc1cc(C)ccc1C. The van der Waals surface area contributed by atoms with Crippen molar-refractivity contribution >= 4 is 27.7 Å². The van der Waals surface area contributed by atoms with Gasteiger partial charge in [-0.2, -0.15) is 0 Å². The smallest absolute Gasteiger partial charge is 0.242 e. The lowest BCUT2D eigenvalue weighted by Crippen LogP contribution is -2.48. The molecule has 0 fully saturated rings. The maximum atomic E-state index is 13.3. The Morgan fingerprint density at radius 2 is 1.90 bits per heavy atom. The summed E-state index contributed by atoms with van der Waals surface area (Å²) in [5, 5.41) is 2.96. The van der Waals surface area contributed by atoms with Crippen LogP contribution in [0.4, 0.5) is 0 Å². The van der Waals surface area contributed by atoms with E-state index in [1.54, 1.807) is 11.8 Å². The minimum absolute atomic E-state index is 0.0446. The van der Waals surface area contributed by atoms with Crippen LogP contribution >= 0.6 is 15.9 Å². The molecule has 0 bridgehead atoms. The Morgan fingerprint density at radius 3 is 2.59 bits per heavy atom. The molecule has 0 saturated carbocycles. The lowest BCUT2D eigenvalue weighted by molar-refractivity contribution is -0.140. The topological polar surface area (TPSA) is 49.4 Å². The van der Waals surface area contributed by atoms with Crippen LogP contribution < -0.4 is 5.32 Å². The number of rotatable bonds is 9. The Kier molecular flexibility index (Phi) is 8.90. The molecule has 0 aliphatic carbocycles. The molecule has 1 atom stereocenters. The second kappa shape index (κ2) is 11.1. The highest BCUT2D eigenvalue weighted by atomic mass is 79.9. The third-order valence-electron chi connectivity index (χ3n) is 5.09. The molecule has 0 unspecified atom stereocenters. The van der Waals surface area contributed by atoms with Crippen molar-refractivity contribution < 1.29 is 9.59 Å². The number of carbonyl (C=O) groups is 2. The van der Waals surface area contributed by atoms with Gasteiger partial charge in [0.1, 0.15) is 6.04 Å². The number of carbonyl (C=O) groups excluding carboxylic acids is 2. The minimum Gasteiger partial charge on any atom is -0.354 e. The number of hydrogen-bond acceptors (Lipinski definition) is 2. The van der Waals surface area contributed by atoms with E-state index < -0.39 is 6.04 Å². The van der Waals surface area contributed by atoms with Crippen LogP contribution in [0.15, 0.2) is 46.9 Å². The van der Waals surface area contributed by atoms with Crippen molar-refractivity contribution in [3.8, 4) is 0 Å². The first kappa shape index (κ1) is 23.1. The molecule has 2 amide bonds. The lowest BCUT2D eigenvalue weighted by atomic mass is 10.0. The van der Waals surface area contributed by atoms with E-state index >= 15 is 0 Å². The molecule has 0 spiro atoms. The third kappa shape index (κ3) is 7.00. The number of hydrogen-bond donors (Lipinski definition) is 1. The number of aryl methyl sites for hydroxylation is 2. The molecular formula is C24H31BrN2O2. The Balaban J connectivity index is 2.23. The summed E-state index contributed by atoms with van der Waals surface area (Å²) in [7, 11) is 0. The quantitative estimate of drug-likeness (QED) is 0.540. The molecule has 2 aromatic rings. The number of halogens is 1. The molecule has 29 heavy (non-hydrogen) atoms. The van der Waals surface area contributed by atoms with Gasteiger partial charge in [-0.15, -0.1) is 0 Å². The van der Waals surface area contributed by atoms with E-state index in [4.69, 9.17) is 0 Å². The highest BCUT2D eigenvalue weighted by molar-refractivity contribution is 9.10. The fraction of sp³-hybridized carbons (Fsp3) is 0.417. The minimum atomic E-state index is -0.538. The summed E-state index contributed by atoms with van der Waals surface area (Å²) in [6, 6.07) is 13.5. The summed E-state index contributed by atoms with van der Waals surface area (Å²) >= 11 is 3.49. The molecule has 156 valence electrons. The summed E-state index contributed by atoms with van der Waals surface area (Å²) in [6.45, 7) is 8.96. The van der Waals surface area contributed by atoms with Crippen molar-refractivity contribution in [1.82, 2.24) is 10.2 Å². The summed E-state index contributed by atoms with van der Waals surface area (Å²) in [5.74, 6) is -0.153. The monoisotopic (exact) mass is 458 g/mol. The first-order valence-electron chi connectivity index (χ1n) is 10.2. The van der Waals surface area contributed by atoms with Crippen molar-refractivity contribution in [2.75, 3.05) is 6.54 Å². The molecule has 0 heterocycles. The van der Waals surface area contributed by atoms with Crippen LogP contribution in [0.3, 0.4) is 0 Å². The third-order valence-corrected chi connectivity index (χ3v) is 5.58. The zero-order valence-electron chi connectivity index (χ0n) is 17.8. The van der Waals surface area contributed by atoms with Crippen LogP contribution in [-0.2, 0) is 22.6 Å². The van der Waals surface area contributed by atoms with Gasteiger partial charge in [-0.1, -0.05) is 65.2 Å². The molecule has 4 nitrogen and oxygen atoms in total. The predicted molar refractivity (Wildman–Crippen MR) is 122 cm³/mol. The van der Waals surface area contributed by atoms with Gasteiger partial charge >= 0.3 is 0 Å². The van der Waals surface area contributed by atoms with Gasteiger partial charge in [0.2, 0.25) is 11.8 Å². The zero-order chi connectivity index (χ0) is 21.4. The molecule has 1 N–H and O–H groups in total. The maximum absolute atomic E-state index is 13.3. The van der Waals surface area contributed by atoms with Gasteiger partial charge in [-0.05, 0) is 56.0 Å². The Hall–Kier alpha value is -2.14. The van der Waals surface area contributed by atoms with Crippen molar-refractivity contribution in [2.24, 2.45) is 0 Å². The summed E-state index contributed by atoms with van der Waals surface area (Å²) in [4.78, 5) is 27.6. The van der Waals surface area contributed by atoms with Crippen molar-refractivity contribution in [1.29, 1.82) is 0 Å². The molecule has 0 aromatic heterocycles. The zero-order valence-corrected chi connectivity index (χ0v) is 19.4. The Bertz CT molecular complexity index is 851. The summed E-state index contributed by atoms with van der Waals surface area (Å²) < 4.78 is 0.956. The van der Waals surface area contributed by atoms with E-state index in [0.29, 0.717) is 13.1 Å². The van der Waals surface area contributed by atoms with Crippen LogP contribution in [0, 0.1) is 13.8 Å². The second-order valence-electron chi connectivity index (χ2n) is 7.58. The molecule has 5 heteroatoms. The van der Waals surface area contributed by atoms with Crippen LogP contribution in [-0.4, -0.2) is 29.3 Å². The highest BCUT2D eigenvalue weighted by Crippen LogP contribution is 2.18. The lowest BCUT2D eigenvalue weighted by Gasteiger charge is -2.29. The molecule has 2 rings (SSSR count). The van der Waals surface area contributed by atoms with E-state index in [9.17, 15) is 9.59 Å². The molecule has 0 aliphatic heterocycles. The standard InChI is InChI=1S/C24H31BrN2O2/c1-5-6-12-26-24(29)19(4)27(16-20-8-7-9-22(25)14-20)23(28)15-21-13-17(2)10-11-18(21)3/h7-11,13-14,19H,5-6,12,15-16H2,1-4H3,(H,26,29)/t19-/m0/s1. The van der Waals surface area contributed by atoms with Crippen LogP contribution in [0.1, 0.15) is 48.9 Å². The number of amides is 2. The van der Waals surface area contributed by atoms with E-state index in [2.05, 4.69) is 34.2 Å². The molecule has 0 saturated heterocycles. The Labute approximate surface area is 182 Å². The molecule has 0 radical (unpaired) electrons. The predicted octanol–water partition coefficient (Wildman–Crippen LogP) is 4.94. The fourth-order valence-electron chi connectivity index (χ4n) is 3.21. The average molecular weight is 459 g/mol. The highest BCUT2D eigenvalue weighted by Gasteiger charge is 2.26. The average Bonchev–Trinajstić information content (AvgIpc) is 2.68. The van der Waals surface area contributed by atoms with Gasteiger partial charge in [-0.3, -0.25) is 9.59 Å². The first-order valence-corrected chi connectivity index (χ1v) is 11.0. The van der Waals surface area contributed by atoms with Crippen molar-refractivity contribution in [3.05, 3.63) is 69.2 Å². The van der Waals surface area contributed by atoms with Gasteiger partial charge in [-0.25, -0.2) is 0 Å². The second-order valence-corrected chi connectivity index (χ2v) is 8.49. The van der Waals surface area contributed by atoms with Gasteiger partial charge in [0.15, 0.2) is 0 Å². The molecule has 0 aliphatic rings. The molecule has 2 aromatic carbocycles. The number of nitrogens with zero attached hydrogens (tertiary/aromatic N) is 1. The maximum Gasteiger partial charge on any atom is 0.242 e. The van der Waals surface area contributed by atoms with Crippen LogP contribution in [0.25, 0.3) is 0 Å². The summed E-state index contributed by atoms with van der Waals surface area (Å²) in [5.41, 5.74) is 4.21. The van der Waals surface area contributed by atoms with Crippen molar-refractivity contribution in [3.63, 3.8) is 0 Å². The normalized spacial score (nSPS) is 11.8. The van der Waals surface area contributed by atoms with Gasteiger partial charge in [0.25, 0.3) is 0 Å². The van der Waals surface area contributed by atoms with E-state index in [1.807, 2.05) is 50.2 Å². The van der Waals surface area contributed by atoms with Gasteiger partial charge < -0.3 is 10.2 Å².